The molecule has 1 N–H and O–H groups in total. The van der Waals surface area contributed by atoms with Crippen molar-refractivity contribution in [2.45, 2.75) is 19.4 Å². The highest BCUT2D eigenvalue weighted by atomic mass is 14.9. The van der Waals surface area contributed by atoms with E-state index < -0.39 is 0 Å². The summed E-state index contributed by atoms with van der Waals surface area (Å²) >= 11 is 0. The van der Waals surface area contributed by atoms with Crippen molar-refractivity contribution in [2.75, 3.05) is 6.54 Å². The van der Waals surface area contributed by atoms with Crippen LogP contribution in [0.4, 0.5) is 0 Å². The van der Waals surface area contributed by atoms with E-state index in [0.717, 1.165) is 18.7 Å². The topological polar surface area (TPSA) is 24.9 Å². The van der Waals surface area contributed by atoms with Crippen molar-refractivity contribution < 1.29 is 0 Å². The van der Waals surface area contributed by atoms with Gasteiger partial charge in [0.25, 0.3) is 0 Å². The first-order chi connectivity index (χ1) is 8.34. The van der Waals surface area contributed by atoms with Crippen LogP contribution >= 0.6 is 0 Å². The summed E-state index contributed by atoms with van der Waals surface area (Å²) in [5.41, 5.74) is 5.17. The molecule has 2 heterocycles. The Labute approximate surface area is 102 Å². The molecule has 1 aromatic carbocycles. The molecule has 0 amide bonds. The van der Waals surface area contributed by atoms with E-state index in [0.29, 0.717) is 6.04 Å². The Kier molecular flexibility index (Phi) is 2.65. The molecule has 1 aliphatic heterocycles. The fraction of sp³-hybridized carbons (Fsp3) is 0.267. The molecule has 1 aromatic heterocycles. The Morgan fingerprint density at radius 2 is 2.06 bits per heavy atom. The Balaban J connectivity index is 2.03. The van der Waals surface area contributed by atoms with Crippen molar-refractivity contribution in [1.29, 1.82) is 0 Å². The van der Waals surface area contributed by atoms with Gasteiger partial charge in [0, 0.05) is 18.4 Å². The number of nitrogens with one attached hydrogen (secondary N) is 1. The van der Waals surface area contributed by atoms with Crippen molar-refractivity contribution in [3.8, 4) is 0 Å². The van der Waals surface area contributed by atoms with Gasteiger partial charge in [-0.15, -0.1) is 0 Å². The zero-order valence-corrected chi connectivity index (χ0v) is 9.98. The second-order valence-electron chi connectivity index (χ2n) is 4.57. The monoisotopic (exact) mass is 224 g/mol. The molecule has 2 heteroatoms. The lowest BCUT2D eigenvalue weighted by Gasteiger charge is -2.27. The lowest BCUT2D eigenvalue weighted by Crippen LogP contribution is -2.30. The Hall–Kier alpha value is -1.67. The van der Waals surface area contributed by atoms with Crippen molar-refractivity contribution in [2.24, 2.45) is 0 Å². The standard InChI is InChI=1S/C15H16N2/c1-11-6-7-13(10-17-11)15-14-5-3-2-4-12(14)8-9-16-15/h2-7,10,15-16H,8-9H2,1H3/t15-/m1/s1. The summed E-state index contributed by atoms with van der Waals surface area (Å²) in [6.07, 6.45) is 3.10. The van der Waals surface area contributed by atoms with Gasteiger partial charge in [0.05, 0.1) is 6.04 Å². The molecule has 2 nitrogen and oxygen atoms in total. The number of aromatic nitrogens is 1. The van der Waals surface area contributed by atoms with Gasteiger partial charge < -0.3 is 5.32 Å². The average Bonchev–Trinajstić information content (AvgIpc) is 2.39. The number of pyridine rings is 1. The zero-order chi connectivity index (χ0) is 11.7. The summed E-state index contributed by atoms with van der Waals surface area (Å²) in [5, 5.41) is 3.57. The average molecular weight is 224 g/mol. The van der Waals surface area contributed by atoms with E-state index in [4.69, 9.17) is 0 Å². The maximum atomic E-state index is 4.39. The predicted octanol–water partition coefficient (Wildman–Crippen LogP) is 2.63. The molecule has 0 unspecified atom stereocenters. The second kappa shape index (κ2) is 4.30. The number of hydrogen-bond acceptors (Lipinski definition) is 2. The molecule has 0 bridgehead atoms. The van der Waals surface area contributed by atoms with Crippen molar-refractivity contribution >= 4 is 0 Å². The normalized spacial score (nSPS) is 18.8. The van der Waals surface area contributed by atoms with E-state index in [1.807, 2.05) is 13.1 Å². The van der Waals surface area contributed by atoms with Crippen molar-refractivity contribution in [3.63, 3.8) is 0 Å². The van der Waals surface area contributed by atoms with Crippen molar-refractivity contribution in [3.05, 3.63) is 65.0 Å². The van der Waals surface area contributed by atoms with E-state index in [1.165, 1.54) is 16.7 Å². The van der Waals surface area contributed by atoms with Gasteiger partial charge in [-0.2, -0.15) is 0 Å². The second-order valence-corrected chi connectivity index (χ2v) is 4.57. The van der Waals surface area contributed by atoms with Crippen LogP contribution in [0.3, 0.4) is 0 Å². The third-order valence-corrected chi connectivity index (χ3v) is 3.38. The van der Waals surface area contributed by atoms with E-state index in [9.17, 15) is 0 Å². The maximum Gasteiger partial charge on any atom is 0.0594 e. The summed E-state index contributed by atoms with van der Waals surface area (Å²) < 4.78 is 0. The molecule has 3 rings (SSSR count). The van der Waals surface area contributed by atoms with Gasteiger partial charge in [0.2, 0.25) is 0 Å². The molecule has 86 valence electrons. The molecule has 0 radical (unpaired) electrons. The van der Waals surface area contributed by atoms with Crippen LogP contribution in [-0.2, 0) is 6.42 Å². The number of hydrogen-bond donors (Lipinski definition) is 1. The molecule has 2 aromatic rings. The molecule has 0 spiro atoms. The fourth-order valence-corrected chi connectivity index (χ4v) is 2.45. The predicted molar refractivity (Wildman–Crippen MR) is 69.0 cm³/mol. The van der Waals surface area contributed by atoms with Gasteiger partial charge >= 0.3 is 0 Å². The van der Waals surface area contributed by atoms with Crippen LogP contribution in [0.5, 0.6) is 0 Å². The Morgan fingerprint density at radius 1 is 1.18 bits per heavy atom. The van der Waals surface area contributed by atoms with Gasteiger partial charge in [-0.3, -0.25) is 4.98 Å². The lowest BCUT2D eigenvalue weighted by atomic mass is 9.90. The van der Waals surface area contributed by atoms with Gasteiger partial charge in [-0.1, -0.05) is 30.3 Å². The number of fused-ring (bicyclic) bond motifs is 1. The van der Waals surface area contributed by atoms with Crippen LogP contribution in [-0.4, -0.2) is 11.5 Å². The van der Waals surface area contributed by atoms with Crippen LogP contribution in [0.2, 0.25) is 0 Å². The van der Waals surface area contributed by atoms with Gasteiger partial charge in [-0.05, 0) is 36.1 Å². The third kappa shape index (κ3) is 1.96. The van der Waals surface area contributed by atoms with Crippen LogP contribution in [0.15, 0.2) is 42.6 Å². The molecule has 0 saturated carbocycles. The minimum atomic E-state index is 0.299. The molecule has 17 heavy (non-hydrogen) atoms. The van der Waals surface area contributed by atoms with Crippen LogP contribution in [0.1, 0.15) is 28.4 Å². The summed E-state index contributed by atoms with van der Waals surface area (Å²) in [4.78, 5) is 4.39. The SMILES string of the molecule is Cc1ccc([C@H]2NCCc3ccccc32)cn1. The van der Waals surface area contributed by atoms with Crippen molar-refractivity contribution in [1.82, 2.24) is 10.3 Å². The van der Waals surface area contributed by atoms with Gasteiger partial charge in [0.1, 0.15) is 0 Å². The minimum Gasteiger partial charge on any atom is -0.306 e. The van der Waals surface area contributed by atoms with Crippen LogP contribution in [0, 0.1) is 6.92 Å². The molecule has 0 aliphatic carbocycles. The highest BCUT2D eigenvalue weighted by Crippen LogP contribution is 2.27. The van der Waals surface area contributed by atoms with Crippen LogP contribution in [0.25, 0.3) is 0 Å². The first kappa shape index (κ1) is 10.5. The fourth-order valence-electron chi connectivity index (χ4n) is 2.45. The van der Waals surface area contributed by atoms with Crippen LogP contribution < -0.4 is 5.32 Å². The van der Waals surface area contributed by atoms with E-state index >= 15 is 0 Å². The van der Waals surface area contributed by atoms with E-state index in [2.05, 4.69) is 46.7 Å². The van der Waals surface area contributed by atoms with E-state index in [-0.39, 0.29) is 0 Å². The maximum absolute atomic E-state index is 4.39. The Morgan fingerprint density at radius 3 is 2.88 bits per heavy atom. The largest absolute Gasteiger partial charge is 0.306 e. The van der Waals surface area contributed by atoms with Gasteiger partial charge in [0.15, 0.2) is 0 Å². The molecule has 0 fully saturated rings. The minimum absolute atomic E-state index is 0.299. The third-order valence-electron chi connectivity index (χ3n) is 3.38. The lowest BCUT2D eigenvalue weighted by molar-refractivity contribution is 0.566. The first-order valence-corrected chi connectivity index (χ1v) is 6.08. The number of nitrogens with zero attached hydrogens (tertiary/aromatic N) is 1. The molecule has 1 aliphatic rings. The van der Waals surface area contributed by atoms with E-state index in [1.54, 1.807) is 0 Å². The molecular formula is C15H16N2. The van der Waals surface area contributed by atoms with Gasteiger partial charge in [-0.25, -0.2) is 0 Å². The highest BCUT2D eigenvalue weighted by Gasteiger charge is 2.20. The smallest absolute Gasteiger partial charge is 0.0594 e. The highest BCUT2D eigenvalue weighted by molar-refractivity contribution is 5.38. The quantitative estimate of drug-likeness (QED) is 0.805. The molecule has 1 atom stereocenters. The molecule has 0 saturated heterocycles. The zero-order valence-electron chi connectivity index (χ0n) is 9.98. The summed E-state index contributed by atoms with van der Waals surface area (Å²) in [6, 6.07) is 13.2. The summed E-state index contributed by atoms with van der Waals surface area (Å²) in [5.74, 6) is 0. The number of benzene rings is 1. The Bertz CT molecular complexity index is 517. The number of rotatable bonds is 1. The summed E-state index contributed by atoms with van der Waals surface area (Å²) in [7, 11) is 0. The summed E-state index contributed by atoms with van der Waals surface area (Å²) in [6.45, 7) is 3.06. The first-order valence-electron chi connectivity index (χ1n) is 6.08. The number of aryl methyl sites for hydroxylation is 1. The molecular weight excluding hydrogens is 208 g/mol.